The Morgan fingerprint density at radius 2 is 1.90 bits per heavy atom. The van der Waals surface area contributed by atoms with Gasteiger partial charge in [-0.2, -0.15) is 0 Å². The van der Waals surface area contributed by atoms with E-state index in [1.807, 2.05) is 6.07 Å². The molecule has 1 amide bonds. The van der Waals surface area contributed by atoms with E-state index in [0.29, 0.717) is 25.9 Å². The number of primary amides is 1. The fourth-order valence-corrected chi connectivity index (χ4v) is 4.77. The highest BCUT2D eigenvalue weighted by atomic mass is 35.5. The molecule has 5 N–H and O–H groups in total. The van der Waals surface area contributed by atoms with Gasteiger partial charge >= 0.3 is 0 Å². The summed E-state index contributed by atoms with van der Waals surface area (Å²) in [5.41, 5.74) is 6.49. The second-order valence-corrected chi connectivity index (χ2v) is 10.4. The van der Waals surface area contributed by atoms with Crippen LogP contribution in [-0.4, -0.2) is 11.5 Å². The lowest BCUT2D eigenvalue weighted by molar-refractivity contribution is -0.106. The maximum absolute atomic E-state index is 14.1. The zero-order chi connectivity index (χ0) is 23.9. The average Bonchev–Trinajstić information content (AvgIpc) is 3.44. The lowest BCUT2D eigenvalue weighted by Crippen LogP contribution is -2.12. The molecule has 9 heteroatoms. The Labute approximate surface area is 196 Å². The minimum absolute atomic E-state index is 0.176. The molecule has 0 unspecified atom stereocenters. The second-order valence-electron chi connectivity index (χ2n) is 8.00. The van der Waals surface area contributed by atoms with Crippen LogP contribution < -0.4 is 10.9 Å². The molecule has 1 aliphatic rings. The van der Waals surface area contributed by atoms with Gasteiger partial charge in [0.25, 0.3) is 0 Å². The Bertz CT molecular complexity index is 879. The van der Waals surface area contributed by atoms with E-state index in [1.54, 1.807) is 13.8 Å². The molecule has 1 aliphatic carbocycles. The molecule has 0 bridgehead atoms. The van der Waals surface area contributed by atoms with E-state index in [2.05, 4.69) is 26.5 Å². The highest BCUT2D eigenvalue weighted by Crippen LogP contribution is 2.46. The predicted octanol–water partition coefficient (Wildman–Crippen LogP) is 6.22. The van der Waals surface area contributed by atoms with E-state index < -0.39 is 5.60 Å². The van der Waals surface area contributed by atoms with Crippen molar-refractivity contribution in [2.45, 2.75) is 75.5 Å². The van der Waals surface area contributed by atoms with Crippen molar-refractivity contribution in [3.05, 3.63) is 50.4 Å². The third-order valence-corrected chi connectivity index (χ3v) is 7.17. The lowest BCUT2D eigenvalue weighted by atomic mass is 9.89. The Kier molecular flexibility index (Phi) is 10.9. The normalized spacial score (nSPS) is 13.3. The van der Waals surface area contributed by atoms with Crippen molar-refractivity contribution < 1.29 is 18.7 Å². The molecule has 1 aromatic carbocycles. The van der Waals surface area contributed by atoms with Crippen molar-refractivity contribution in [1.29, 1.82) is 0 Å². The summed E-state index contributed by atoms with van der Waals surface area (Å²) in [5, 5.41) is 15.0. The Morgan fingerprint density at radius 1 is 1.35 bits per heavy atom. The van der Waals surface area contributed by atoms with Gasteiger partial charge in [0.1, 0.15) is 15.8 Å². The minimum atomic E-state index is -0.987. The first-order chi connectivity index (χ1) is 14.4. The zero-order valence-corrected chi connectivity index (χ0v) is 20.9. The SMILES string of the molecule is CC(C)(O)c1cc(F)c(SN)s1.CCc1c(C(C)C)cc(Cl)c(F)c1C1CC1.NC=O. The van der Waals surface area contributed by atoms with Gasteiger partial charge < -0.3 is 10.8 Å². The van der Waals surface area contributed by atoms with Crippen LogP contribution in [0.3, 0.4) is 0 Å². The van der Waals surface area contributed by atoms with E-state index in [9.17, 15) is 13.9 Å². The van der Waals surface area contributed by atoms with Crippen molar-refractivity contribution >= 4 is 41.3 Å². The first-order valence-electron chi connectivity index (χ1n) is 9.97. The number of hydrogen-bond acceptors (Lipinski definition) is 5. The topological polar surface area (TPSA) is 89.3 Å². The summed E-state index contributed by atoms with van der Waals surface area (Å²) in [4.78, 5) is 9.17. The van der Waals surface area contributed by atoms with Gasteiger partial charge in [0.2, 0.25) is 6.41 Å². The quantitative estimate of drug-likeness (QED) is 0.341. The van der Waals surface area contributed by atoms with Gasteiger partial charge in [-0.05, 0) is 85.7 Å². The standard InChI is InChI=1S/C14H18ClF.C7H10FNOS2.CH3NO/c1-4-10-11(8(2)3)7-12(15)14(16)13(10)9-5-6-9;1-7(2,10)5-3-4(8)6(11-5)12-9;2-1-3/h7-9H,4-6H2,1-3H3;3,10H,9H2,1-2H3;1H,(H2,2,3). The average molecular weight is 493 g/mol. The second kappa shape index (κ2) is 12.2. The molecular weight excluding hydrogens is 462 g/mol. The largest absolute Gasteiger partial charge is 0.385 e. The number of rotatable bonds is 5. The Morgan fingerprint density at radius 3 is 2.23 bits per heavy atom. The predicted molar refractivity (Wildman–Crippen MR) is 127 cm³/mol. The van der Waals surface area contributed by atoms with Crippen LogP contribution in [0, 0.1) is 11.6 Å². The number of benzene rings is 1. The van der Waals surface area contributed by atoms with Gasteiger partial charge in [0, 0.05) is 4.88 Å². The highest BCUT2D eigenvalue weighted by Gasteiger charge is 2.31. The molecule has 1 fully saturated rings. The Balaban J connectivity index is 0.000000285. The molecule has 0 atom stereocenters. The summed E-state index contributed by atoms with van der Waals surface area (Å²) >= 11 is 8.03. The van der Waals surface area contributed by atoms with Crippen LogP contribution in [-0.2, 0) is 16.8 Å². The van der Waals surface area contributed by atoms with Crippen LogP contribution in [0.25, 0.3) is 0 Å². The lowest BCUT2D eigenvalue weighted by Gasteiger charge is -2.18. The van der Waals surface area contributed by atoms with E-state index in [0.717, 1.165) is 36.8 Å². The van der Waals surface area contributed by atoms with Crippen molar-refractivity contribution in [2.24, 2.45) is 10.9 Å². The van der Waals surface area contributed by atoms with Gasteiger partial charge in [0.15, 0.2) is 0 Å². The zero-order valence-electron chi connectivity index (χ0n) is 18.5. The summed E-state index contributed by atoms with van der Waals surface area (Å²) in [6.07, 6.45) is 3.37. The molecule has 4 nitrogen and oxygen atoms in total. The summed E-state index contributed by atoms with van der Waals surface area (Å²) in [6, 6.07) is 3.13. The van der Waals surface area contributed by atoms with Crippen LogP contribution in [0.5, 0.6) is 0 Å². The maximum atomic E-state index is 14.1. The number of hydrogen-bond donors (Lipinski definition) is 3. The van der Waals surface area contributed by atoms with Gasteiger partial charge in [-0.1, -0.05) is 32.4 Å². The molecule has 1 saturated carbocycles. The summed E-state index contributed by atoms with van der Waals surface area (Å²) in [5.74, 6) is 0.298. The minimum Gasteiger partial charge on any atom is -0.385 e. The number of thiophene rings is 1. The summed E-state index contributed by atoms with van der Waals surface area (Å²) in [7, 11) is 0. The number of halogens is 3. The van der Waals surface area contributed by atoms with E-state index >= 15 is 0 Å². The van der Waals surface area contributed by atoms with Crippen LogP contribution in [0.15, 0.2) is 16.3 Å². The molecule has 3 rings (SSSR count). The first kappa shape index (κ1) is 27.8. The molecule has 2 aromatic rings. The maximum Gasteiger partial charge on any atom is 0.204 e. The number of carbonyl (C=O) groups excluding carboxylic acids is 1. The van der Waals surface area contributed by atoms with Crippen molar-refractivity contribution in [2.75, 3.05) is 0 Å². The van der Waals surface area contributed by atoms with Crippen molar-refractivity contribution in [3.63, 3.8) is 0 Å². The molecule has 1 aromatic heterocycles. The number of amides is 1. The van der Waals surface area contributed by atoms with Gasteiger partial charge in [-0.3, -0.25) is 9.93 Å². The molecular formula is C22H31ClF2N2O2S2. The Hall–Kier alpha value is -1.19. The molecule has 0 spiro atoms. The number of nitrogens with two attached hydrogens (primary N) is 2. The smallest absolute Gasteiger partial charge is 0.204 e. The van der Waals surface area contributed by atoms with Gasteiger partial charge in [-0.25, -0.2) is 8.78 Å². The summed E-state index contributed by atoms with van der Waals surface area (Å²) in [6.45, 7) is 9.60. The third kappa shape index (κ3) is 7.71. The molecule has 0 aliphatic heterocycles. The first-order valence-corrected chi connectivity index (χ1v) is 12.0. The van der Waals surface area contributed by atoms with Crippen molar-refractivity contribution in [3.8, 4) is 0 Å². The molecule has 174 valence electrons. The fourth-order valence-electron chi connectivity index (χ4n) is 3.14. The molecule has 0 saturated heterocycles. The van der Waals surface area contributed by atoms with Crippen LogP contribution in [0.1, 0.15) is 80.9 Å². The number of carbonyl (C=O) groups is 1. The molecule has 1 heterocycles. The van der Waals surface area contributed by atoms with Gasteiger partial charge in [-0.15, -0.1) is 11.3 Å². The van der Waals surface area contributed by atoms with Crippen LogP contribution >= 0.6 is 34.9 Å². The monoisotopic (exact) mass is 492 g/mol. The van der Waals surface area contributed by atoms with Crippen LogP contribution in [0.4, 0.5) is 8.78 Å². The van der Waals surface area contributed by atoms with E-state index in [1.165, 1.54) is 28.5 Å². The third-order valence-electron chi connectivity index (χ3n) is 4.73. The van der Waals surface area contributed by atoms with E-state index in [4.69, 9.17) is 21.5 Å². The van der Waals surface area contributed by atoms with Gasteiger partial charge in [0.05, 0.1) is 10.6 Å². The molecule has 0 radical (unpaired) electrons. The number of aliphatic hydroxyl groups is 1. The van der Waals surface area contributed by atoms with E-state index in [-0.39, 0.29) is 18.0 Å². The van der Waals surface area contributed by atoms with Crippen molar-refractivity contribution in [1.82, 2.24) is 0 Å². The fraction of sp³-hybridized carbons (Fsp3) is 0.500. The summed E-state index contributed by atoms with van der Waals surface area (Å²) < 4.78 is 27.4. The highest BCUT2D eigenvalue weighted by molar-refractivity contribution is 7.99. The molecule has 31 heavy (non-hydrogen) atoms. The van der Waals surface area contributed by atoms with Crippen LogP contribution in [0.2, 0.25) is 5.02 Å².